The minimum atomic E-state index is -0.102. The second kappa shape index (κ2) is 6.38. The standard InChI is InChI=1S/C25H22N2O/c1-16-23(21-14-8-9-15-22(21)26-16)24-19-12-6-7-13-20(19)25(28)27(24)17(2)18-10-4-3-5-11-18/h3-15,17,24,26H,1-2H3/t17-,24-/m1/s1. The van der Waals surface area contributed by atoms with Crippen molar-refractivity contribution in [3.63, 3.8) is 0 Å². The molecule has 1 aliphatic heterocycles. The third-order valence-corrected chi connectivity index (χ3v) is 5.91. The number of rotatable bonds is 3. The van der Waals surface area contributed by atoms with E-state index in [-0.39, 0.29) is 18.0 Å². The van der Waals surface area contributed by atoms with E-state index in [4.69, 9.17) is 0 Å². The van der Waals surface area contributed by atoms with Gasteiger partial charge in [0, 0.05) is 27.7 Å². The van der Waals surface area contributed by atoms with E-state index in [2.05, 4.69) is 55.2 Å². The van der Waals surface area contributed by atoms with Gasteiger partial charge in [-0.1, -0.05) is 66.7 Å². The molecule has 1 aliphatic rings. The van der Waals surface area contributed by atoms with E-state index >= 15 is 0 Å². The van der Waals surface area contributed by atoms with Crippen molar-refractivity contribution in [2.45, 2.75) is 25.9 Å². The Bertz CT molecular complexity index is 1180. The number of aromatic amines is 1. The van der Waals surface area contributed by atoms with Crippen LogP contribution in [0.15, 0.2) is 78.9 Å². The van der Waals surface area contributed by atoms with Crippen molar-refractivity contribution in [1.29, 1.82) is 0 Å². The van der Waals surface area contributed by atoms with Crippen molar-refractivity contribution in [3.8, 4) is 0 Å². The third-order valence-electron chi connectivity index (χ3n) is 5.91. The van der Waals surface area contributed by atoms with Gasteiger partial charge < -0.3 is 9.88 Å². The summed E-state index contributed by atoms with van der Waals surface area (Å²) in [6, 6.07) is 26.5. The largest absolute Gasteiger partial charge is 0.358 e. The molecule has 0 saturated carbocycles. The molecule has 1 aromatic heterocycles. The molecule has 0 bridgehead atoms. The van der Waals surface area contributed by atoms with E-state index in [9.17, 15) is 4.79 Å². The third kappa shape index (κ3) is 2.40. The number of nitrogens with one attached hydrogen (secondary N) is 1. The molecule has 3 heteroatoms. The van der Waals surface area contributed by atoms with Crippen molar-refractivity contribution in [1.82, 2.24) is 9.88 Å². The van der Waals surface area contributed by atoms with Crippen molar-refractivity contribution in [3.05, 3.63) is 107 Å². The molecule has 0 unspecified atom stereocenters. The lowest BCUT2D eigenvalue weighted by molar-refractivity contribution is 0.0677. The van der Waals surface area contributed by atoms with Crippen molar-refractivity contribution < 1.29 is 4.79 Å². The minimum Gasteiger partial charge on any atom is -0.358 e. The first-order valence-corrected chi connectivity index (χ1v) is 9.70. The van der Waals surface area contributed by atoms with Crippen LogP contribution in [-0.4, -0.2) is 15.8 Å². The van der Waals surface area contributed by atoms with Gasteiger partial charge >= 0.3 is 0 Å². The average molecular weight is 366 g/mol. The SMILES string of the molecule is Cc1[nH]c2ccccc2c1[C@H]1c2ccccc2C(=O)N1[C@H](C)c1ccccc1. The topological polar surface area (TPSA) is 36.1 Å². The second-order valence-electron chi connectivity index (χ2n) is 7.50. The normalized spacial score (nSPS) is 17.1. The van der Waals surface area contributed by atoms with Crippen LogP contribution in [-0.2, 0) is 0 Å². The van der Waals surface area contributed by atoms with Gasteiger partial charge in [-0.15, -0.1) is 0 Å². The lowest BCUT2D eigenvalue weighted by Gasteiger charge is -2.32. The van der Waals surface area contributed by atoms with Gasteiger partial charge in [0.1, 0.15) is 0 Å². The number of aryl methyl sites for hydroxylation is 1. The van der Waals surface area contributed by atoms with Gasteiger partial charge in [0.05, 0.1) is 12.1 Å². The number of carbonyl (C=O) groups excluding carboxylic acids is 1. The Morgan fingerprint density at radius 3 is 2.39 bits per heavy atom. The highest BCUT2D eigenvalue weighted by molar-refractivity contribution is 6.01. The Kier molecular flexibility index (Phi) is 3.83. The number of carbonyl (C=O) groups is 1. The molecule has 0 spiro atoms. The van der Waals surface area contributed by atoms with Gasteiger partial charge in [-0.3, -0.25) is 4.79 Å². The first-order chi connectivity index (χ1) is 13.7. The predicted octanol–water partition coefficient (Wildman–Crippen LogP) is 5.78. The van der Waals surface area contributed by atoms with Gasteiger partial charge in [0.15, 0.2) is 0 Å². The number of para-hydroxylation sites is 1. The van der Waals surface area contributed by atoms with Gasteiger partial charge in [-0.2, -0.15) is 0 Å². The Labute approximate surface area is 164 Å². The molecular weight excluding hydrogens is 344 g/mol. The zero-order valence-corrected chi connectivity index (χ0v) is 16.0. The van der Waals surface area contributed by atoms with E-state index in [0.29, 0.717) is 0 Å². The van der Waals surface area contributed by atoms with Crippen LogP contribution in [0, 0.1) is 6.92 Å². The quantitative estimate of drug-likeness (QED) is 0.490. The van der Waals surface area contributed by atoms with Crippen molar-refractivity contribution >= 4 is 16.8 Å². The number of fused-ring (bicyclic) bond motifs is 2. The number of benzene rings is 3. The fourth-order valence-corrected chi connectivity index (χ4v) is 4.57. The molecule has 138 valence electrons. The summed E-state index contributed by atoms with van der Waals surface area (Å²) in [6.45, 7) is 4.22. The fourth-order valence-electron chi connectivity index (χ4n) is 4.57. The Morgan fingerprint density at radius 1 is 0.893 bits per heavy atom. The summed E-state index contributed by atoms with van der Waals surface area (Å²) in [6.07, 6.45) is 0. The molecule has 3 nitrogen and oxygen atoms in total. The number of hydrogen-bond acceptors (Lipinski definition) is 1. The maximum absolute atomic E-state index is 13.5. The van der Waals surface area contributed by atoms with Crippen LogP contribution in [0.25, 0.3) is 10.9 Å². The summed E-state index contributed by atoms with van der Waals surface area (Å²) >= 11 is 0. The average Bonchev–Trinajstić information content (AvgIpc) is 3.21. The van der Waals surface area contributed by atoms with Crippen molar-refractivity contribution in [2.24, 2.45) is 0 Å². The van der Waals surface area contributed by atoms with E-state index in [1.165, 1.54) is 10.9 Å². The second-order valence-corrected chi connectivity index (χ2v) is 7.50. The van der Waals surface area contributed by atoms with Gasteiger partial charge in [0.2, 0.25) is 0 Å². The predicted molar refractivity (Wildman–Crippen MR) is 112 cm³/mol. The van der Waals surface area contributed by atoms with Crippen LogP contribution in [0.3, 0.4) is 0 Å². The Morgan fingerprint density at radius 2 is 1.57 bits per heavy atom. The monoisotopic (exact) mass is 366 g/mol. The molecule has 0 radical (unpaired) electrons. The lowest BCUT2D eigenvalue weighted by atomic mass is 9.94. The molecule has 2 heterocycles. The van der Waals surface area contributed by atoms with Crippen LogP contribution >= 0.6 is 0 Å². The van der Waals surface area contributed by atoms with Crippen LogP contribution in [0.4, 0.5) is 0 Å². The maximum Gasteiger partial charge on any atom is 0.255 e. The zero-order valence-electron chi connectivity index (χ0n) is 16.0. The molecule has 3 aromatic carbocycles. The molecule has 1 N–H and O–H groups in total. The van der Waals surface area contributed by atoms with Crippen molar-refractivity contribution in [2.75, 3.05) is 0 Å². The smallest absolute Gasteiger partial charge is 0.255 e. The highest BCUT2D eigenvalue weighted by Gasteiger charge is 2.42. The number of amides is 1. The Hall–Kier alpha value is -3.33. The molecule has 1 amide bonds. The van der Waals surface area contributed by atoms with E-state index in [0.717, 1.165) is 27.9 Å². The van der Waals surface area contributed by atoms with Crippen LogP contribution in [0.2, 0.25) is 0 Å². The van der Waals surface area contributed by atoms with Gasteiger partial charge in [0.25, 0.3) is 5.91 Å². The molecular formula is C25H22N2O. The summed E-state index contributed by atoms with van der Waals surface area (Å²) in [5.74, 6) is 0.0987. The molecule has 0 aliphatic carbocycles. The number of aromatic nitrogens is 1. The molecule has 4 aromatic rings. The van der Waals surface area contributed by atoms with E-state index < -0.39 is 0 Å². The molecule has 0 saturated heterocycles. The molecule has 5 rings (SSSR count). The molecule has 0 fully saturated rings. The highest BCUT2D eigenvalue weighted by atomic mass is 16.2. The number of H-pyrrole nitrogens is 1. The highest BCUT2D eigenvalue weighted by Crippen LogP contribution is 2.46. The maximum atomic E-state index is 13.5. The molecule has 28 heavy (non-hydrogen) atoms. The summed E-state index contributed by atoms with van der Waals surface area (Å²) in [7, 11) is 0. The minimum absolute atomic E-state index is 0.0286. The van der Waals surface area contributed by atoms with Crippen LogP contribution in [0.5, 0.6) is 0 Å². The molecule has 2 atom stereocenters. The van der Waals surface area contributed by atoms with E-state index in [1.807, 2.05) is 47.4 Å². The van der Waals surface area contributed by atoms with Crippen LogP contribution < -0.4 is 0 Å². The first-order valence-electron chi connectivity index (χ1n) is 9.70. The fraction of sp³-hybridized carbons (Fsp3) is 0.160. The number of hydrogen-bond donors (Lipinski definition) is 1. The van der Waals surface area contributed by atoms with E-state index in [1.54, 1.807) is 0 Å². The summed E-state index contributed by atoms with van der Waals surface area (Å²) < 4.78 is 0. The number of nitrogens with zero attached hydrogens (tertiary/aromatic N) is 1. The Balaban J connectivity index is 1.74. The summed E-state index contributed by atoms with van der Waals surface area (Å²) in [5.41, 5.74) is 6.45. The zero-order chi connectivity index (χ0) is 19.3. The summed E-state index contributed by atoms with van der Waals surface area (Å²) in [4.78, 5) is 19.0. The first kappa shape index (κ1) is 16.8. The van der Waals surface area contributed by atoms with Crippen LogP contribution in [0.1, 0.15) is 51.7 Å². The lowest BCUT2D eigenvalue weighted by Crippen LogP contribution is -2.31. The summed E-state index contributed by atoms with van der Waals surface area (Å²) in [5, 5.41) is 1.18. The van der Waals surface area contributed by atoms with Gasteiger partial charge in [-0.25, -0.2) is 0 Å². The van der Waals surface area contributed by atoms with Gasteiger partial charge in [-0.05, 0) is 37.1 Å².